The topological polar surface area (TPSA) is 74.8 Å². The lowest BCUT2D eigenvalue weighted by atomic mass is 10.0. The molecule has 3 heterocycles. The second-order valence-electron chi connectivity index (χ2n) is 8.40. The Bertz CT molecular complexity index is 962. The van der Waals surface area contributed by atoms with Crippen LogP contribution in [-0.4, -0.2) is 53.9 Å². The van der Waals surface area contributed by atoms with Gasteiger partial charge in [0.15, 0.2) is 5.75 Å². The van der Waals surface area contributed by atoms with Crippen LogP contribution in [0.15, 0.2) is 36.5 Å². The largest absolute Gasteiger partial charge is 0.436 e. The molecule has 1 fully saturated rings. The second kappa shape index (κ2) is 9.47. The number of hydrogen-bond acceptors (Lipinski definition) is 5. The normalized spacial score (nSPS) is 18.6. The zero-order valence-electron chi connectivity index (χ0n) is 18.3. The van der Waals surface area contributed by atoms with E-state index in [0.29, 0.717) is 29.6 Å². The van der Waals surface area contributed by atoms with Crippen LogP contribution in [0.2, 0.25) is 0 Å². The molecule has 2 amide bonds. The molecule has 0 unspecified atom stereocenters. The van der Waals surface area contributed by atoms with Crippen LogP contribution in [0.1, 0.15) is 48.5 Å². The minimum absolute atomic E-state index is 0.0624. The third-order valence-electron chi connectivity index (χ3n) is 6.05. The van der Waals surface area contributed by atoms with E-state index in [0.717, 1.165) is 25.1 Å². The number of nitrogens with one attached hydrogen (secondary N) is 1. The molecular formula is C24H30N4O3. The number of nitrogens with zero attached hydrogens (tertiary/aromatic N) is 3. The number of anilines is 1. The lowest BCUT2D eigenvalue weighted by molar-refractivity contribution is -0.119. The fraction of sp³-hybridized carbons (Fsp3) is 0.458. The summed E-state index contributed by atoms with van der Waals surface area (Å²) in [5.41, 5.74) is 1.92. The van der Waals surface area contributed by atoms with E-state index in [1.165, 1.54) is 24.2 Å². The summed E-state index contributed by atoms with van der Waals surface area (Å²) < 4.78 is 5.90. The Kier molecular flexibility index (Phi) is 6.51. The average molecular weight is 423 g/mol. The summed E-state index contributed by atoms with van der Waals surface area (Å²) in [6.45, 7) is 6.88. The van der Waals surface area contributed by atoms with Gasteiger partial charge in [-0.15, -0.1) is 0 Å². The van der Waals surface area contributed by atoms with Crippen LogP contribution in [0.5, 0.6) is 11.6 Å². The molecule has 2 aliphatic heterocycles. The van der Waals surface area contributed by atoms with Crippen molar-refractivity contribution in [3.05, 3.63) is 47.7 Å². The van der Waals surface area contributed by atoms with Crippen LogP contribution >= 0.6 is 0 Å². The van der Waals surface area contributed by atoms with E-state index in [4.69, 9.17) is 4.74 Å². The van der Waals surface area contributed by atoms with Gasteiger partial charge in [-0.05, 0) is 69.5 Å². The molecule has 164 valence electrons. The number of benzene rings is 1. The van der Waals surface area contributed by atoms with E-state index >= 15 is 0 Å². The van der Waals surface area contributed by atoms with Crippen molar-refractivity contribution in [1.29, 1.82) is 0 Å². The van der Waals surface area contributed by atoms with Gasteiger partial charge < -0.3 is 15.0 Å². The Hall–Kier alpha value is -2.93. The van der Waals surface area contributed by atoms with Gasteiger partial charge in [0.2, 0.25) is 11.8 Å². The standard InChI is InChI=1S/C24H30N4O3/c1-17-9-10-21-20(15-17)28(24(30)19-8-5-11-26-23(19)31-21)16-22(29)25-12-6-14-27-13-4-3-7-18(27)2/h5,8-11,15,18H,3-4,6-7,12-14,16H2,1-2H3,(H,25,29)/t18-/m1/s1. The van der Waals surface area contributed by atoms with E-state index in [9.17, 15) is 9.59 Å². The van der Waals surface area contributed by atoms with Crippen molar-refractivity contribution in [2.75, 3.05) is 31.1 Å². The first-order valence-corrected chi connectivity index (χ1v) is 11.1. The van der Waals surface area contributed by atoms with Gasteiger partial charge in [0, 0.05) is 25.3 Å². The molecule has 4 rings (SSSR count). The number of pyridine rings is 1. The van der Waals surface area contributed by atoms with Crippen molar-refractivity contribution in [2.45, 2.75) is 45.6 Å². The predicted octanol–water partition coefficient (Wildman–Crippen LogP) is 3.52. The van der Waals surface area contributed by atoms with Crippen molar-refractivity contribution in [2.24, 2.45) is 0 Å². The third-order valence-corrected chi connectivity index (χ3v) is 6.05. The summed E-state index contributed by atoms with van der Waals surface area (Å²) in [6, 6.07) is 9.58. The average Bonchev–Trinajstić information content (AvgIpc) is 2.87. The minimum Gasteiger partial charge on any atom is -0.436 e. The van der Waals surface area contributed by atoms with Crippen molar-refractivity contribution < 1.29 is 14.3 Å². The molecule has 31 heavy (non-hydrogen) atoms. The monoisotopic (exact) mass is 422 g/mol. The molecule has 0 saturated carbocycles. The van der Waals surface area contributed by atoms with E-state index in [-0.39, 0.29) is 24.2 Å². The lowest BCUT2D eigenvalue weighted by Gasteiger charge is -2.33. The van der Waals surface area contributed by atoms with Gasteiger partial charge in [-0.2, -0.15) is 0 Å². The zero-order chi connectivity index (χ0) is 21.8. The Morgan fingerprint density at radius 3 is 3.00 bits per heavy atom. The van der Waals surface area contributed by atoms with E-state index in [1.54, 1.807) is 18.3 Å². The number of carbonyl (C=O) groups is 2. The number of rotatable bonds is 6. The molecule has 2 aromatic rings. The van der Waals surface area contributed by atoms with E-state index < -0.39 is 0 Å². The highest BCUT2D eigenvalue weighted by Gasteiger charge is 2.30. The summed E-state index contributed by atoms with van der Waals surface area (Å²) in [7, 11) is 0. The number of ether oxygens (including phenoxy) is 1. The smallest absolute Gasteiger partial charge is 0.264 e. The van der Waals surface area contributed by atoms with Crippen LogP contribution in [0, 0.1) is 6.92 Å². The maximum absolute atomic E-state index is 13.2. The summed E-state index contributed by atoms with van der Waals surface area (Å²) in [4.78, 5) is 34.1. The maximum Gasteiger partial charge on any atom is 0.264 e. The maximum atomic E-state index is 13.2. The van der Waals surface area contributed by atoms with Crippen LogP contribution in [0.25, 0.3) is 0 Å². The molecule has 2 aliphatic rings. The first kappa shape index (κ1) is 21.3. The summed E-state index contributed by atoms with van der Waals surface area (Å²) in [5, 5.41) is 2.98. The highest BCUT2D eigenvalue weighted by atomic mass is 16.5. The van der Waals surface area contributed by atoms with Crippen LogP contribution in [-0.2, 0) is 4.79 Å². The number of aromatic nitrogens is 1. The van der Waals surface area contributed by atoms with Crippen LogP contribution in [0.3, 0.4) is 0 Å². The number of piperidine rings is 1. The third kappa shape index (κ3) is 4.88. The Balaban J connectivity index is 1.42. The zero-order valence-corrected chi connectivity index (χ0v) is 18.3. The van der Waals surface area contributed by atoms with Crippen molar-refractivity contribution in [3.8, 4) is 11.6 Å². The first-order chi connectivity index (χ1) is 15.0. The molecule has 1 N–H and O–H groups in total. The SMILES string of the molecule is Cc1ccc2c(c1)N(CC(=O)NCCCN1CCCC[C@H]1C)C(=O)c1cccnc1O2. The van der Waals surface area contributed by atoms with Gasteiger partial charge in [0.05, 0.1) is 5.69 Å². The van der Waals surface area contributed by atoms with E-state index in [2.05, 4.69) is 22.1 Å². The van der Waals surface area contributed by atoms with E-state index in [1.807, 2.05) is 25.1 Å². The predicted molar refractivity (Wildman–Crippen MR) is 120 cm³/mol. The molecule has 1 aromatic carbocycles. The Morgan fingerprint density at radius 1 is 1.29 bits per heavy atom. The fourth-order valence-corrected chi connectivity index (χ4v) is 4.27. The summed E-state index contributed by atoms with van der Waals surface area (Å²) in [6.07, 6.45) is 6.30. The van der Waals surface area contributed by atoms with Gasteiger partial charge in [-0.1, -0.05) is 12.5 Å². The molecule has 0 radical (unpaired) electrons. The van der Waals surface area contributed by atoms with Crippen LogP contribution < -0.4 is 15.0 Å². The summed E-state index contributed by atoms with van der Waals surface area (Å²) in [5.74, 6) is 0.309. The van der Waals surface area contributed by atoms with Gasteiger partial charge in [-0.3, -0.25) is 14.5 Å². The molecule has 1 atom stereocenters. The Labute approximate surface area is 183 Å². The number of carbonyl (C=O) groups excluding carboxylic acids is 2. The quantitative estimate of drug-likeness (QED) is 0.721. The number of likely N-dealkylation sites (tertiary alicyclic amines) is 1. The van der Waals surface area contributed by atoms with Gasteiger partial charge in [0.1, 0.15) is 12.1 Å². The number of amides is 2. The van der Waals surface area contributed by atoms with Crippen molar-refractivity contribution in [3.63, 3.8) is 0 Å². The summed E-state index contributed by atoms with van der Waals surface area (Å²) >= 11 is 0. The van der Waals surface area contributed by atoms with Gasteiger partial charge in [0.25, 0.3) is 5.91 Å². The Morgan fingerprint density at radius 2 is 2.16 bits per heavy atom. The molecule has 1 aromatic heterocycles. The molecule has 7 nitrogen and oxygen atoms in total. The van der Waals surface area contributed by atoms with Gasteiger partial charge >= 0.3 is 0 Å². The van der Waals surface area contributed by atoms with Crippen LogP contribution in [0.4, 0.5) is 5.69 Å². The van der Waals surface area contributed by atoms with Gasteiger partial charge in [-0.25, -0.2) is 4.98 Å². The highest BCUT2D eigenvalue weighted by Crippen LogP contribution is 2.38. The number of fused-ring (bicyclic) bond motifs is 2. The second-order valence-corrected chi connectivity index (χ2v) is 8.40. The molecule has 1 saturated heterocycles. The molecule has 7 heteroatoms. The molecule has 0 aliphatic carbocycles. The fourth-order valence-electron chi connectivity index (χ4n) is 4.27. The highest BCUT2D eigenvalue weighted by molar-refractivity contribution is 6.11. The minimum atomic E-state index is -0.287. The molecule has 0 spiro atoms. The van der Waals surface area contributed by atoms with Crippen molar-refractivity contribution >= 4 is 17.5 Å². The number of aryl methyl sites for hydroxylation is 1. The molecule has 0 bridgehead atoms. The molecular weight excluding hydrogens is 392 g/mol. The lowest BCUT2D eigenvalue weighted by Crippen LogP contribution is -2.42. The number of hydrogen-bond donors (Lipinski definition) is 1. The first-order valence-electron chi connectivity index (χ1n) is 11.1. The van der Waals surface area contributed by atoms with Crippen molar-refractivity contribution in [1.82, 2.24) is 15.2 Å².